The molecule has 1 heterocycles. The van der Waals surface area contributed by atoms with Crippen LogP contribution in [-0.2, 0) is 0 Å². The highest BCUT2D eigenvalue weighted by Gasteiger charge is 2.40. The second-order valence-electron chi connectivity index (χ2n) is 6.98. The van der Waals surface area contributed by atoms with Gasteiger partial charge in [-0.2, -0.15) is 13.2 Å². The molecule has 168 valence electrons. The predicted octanol–water partition coefficient (Wildman–Crippen LogP) is 5.25. The Labute approximate surface area is 178 Å². The van der Waals surface area contributed by atoms with Crippen molar-refractivity contribution in [1.82, 2.24) is 10.3 Å². The summed E-state index contributed by atoms with van der Waals surface area (Å²) in [5.74, 6) is -3.60. The van der Waals surface area contributed by atoms with Crippen LogP contribution in [0, 0.1) is 17.5 Å². The van der Waals surface area contributed by atoms with E-state index in [9.17, 15) is 36.2 Å². The van der Waals surface area contributed by atoms with Crippen LogP contribution in [0.15, 0.2) is 54.7 Å². The fraction of sp³-hybridized carbons (Fsp3) is 0.182. The van der Waals surface area contributed by atoms with Crippen LogP contribution >= 0.6 is 0 Å². The monoisotopic (exact) mass is 454 g/mol. The summed E-state index contributed by atoms with van der Waals surface area (Å²) in [6.45, 7) is 1.50. The van der Waals surface area contributed by atoms with Gasteiger partial charge in [-0.25, -0.2) is 13.2 Å². The second kappa shape index (κ2) is 8.99. The quantitative estimate of drug-likeness (QED) is 0.518. The van der Waals surface area contributed by atoms with E-state index in [0.717, 1.165) is 48.7 Å². The van der Waals surface area contributed by atoms with Crippen molar-refractivity contribution in [2.75, 3.05) is 0 Å². The zero-order chi connectivity index (χ0) is 23.6. The lowest BCUT2D eigenvalue weighted by atomic mass is 9.96. The van der Waals surface area contributed by atoms with Gasteiger partial charge < -0.3 is 10.4 Å². The van der Waals surface area contributed by atoms with E-state index >= 15 is 0 Å². The smallest absolute Gasteiger partial charge is 0.379 e. The number of carbonyl (C=O) groups is 1. The minimum Gasteiger partial charge on any atom is -0.379 e. The number of benzene rings is 2. The van der Waals surface area contributed by atoms with Crippen molar-refractivity contribution in [2.45, 2.75) is 25.2 Å². The summed E-state index contributed by atoms with van der Waals surface area (Å²) in [6, 6.07) is 7.10. The molecule has 2 N–H and O–H groups in total. The summed E-state index contributed by atoms with van der Waals surface area (Å²) < 4.78 is 80.8. The largest absolute Gasteiger partial charge is 0.418 e. The standard InChI is InChI=1S/C22H16F6N2O2/c1-11(18-6-5-15(23)10-29-18)30-21(32)14-8-12(19-16(24)3-2-4-17(19)25)7-13(9-14)20(31)22(26,27)28/h2-11,20,31H,1H3,(H,30,32)/t11-,20?/m1/s1. The number of aromatic nitrogens is 1. The van der Waals surface area contributed by atoms with Gasteiger partial charge in [0.05, 0.1) is 23.5 Å². The highest BCUT2D eigenvalue weighted by Crippen LogP contribution is 2.36. The van der Waals surface area contributed by atoms with Gasteiger partial charge in [0, 0.05) is 5.56 Å². The SMILES string of the molecule is C[C@@H](NC(=O)c1cc(-c2c(F)cccc2F)cc(C(O)C(F)(F)F)c1)c1ccc(F)cn1. The number of nitrogens with zero attached hydrogens (tertiary/aromatic N) is 1. The minimum absolute atomic E-state index is 0.270. The number of halogens is 6. The average Bonchev–Trinajstić information content (AvgIpc) is 2.72. The summed E-state index contributed by atoms with van der Waals surface area (Å²) in [7, 11) is 0. The molecule has 32 heavy (non-hydrogen) atoms. The normalized spacial score (nSPS) is 13.5. The summed E-state index contributed by atoms with van der Waals surface area (Å²) >= 11 is 0. The maximum absolute atomic E-state index is 14.2. The number of amides is 1. The van der Waals surface area contributed by atoms with Crippen LogP contribution in [0.25, 0.3) is 11.1 Å². The van der Waals surface area contributed by atoms with Gasteiger partial charge in [0.25, 0.3) is 5.91 Å². The molecule has 0 aliphatic rings. The molecule has 4 nitrogen and oxygen atoms in total. The van der Waals surface area contributed by atoms with Crippen molar-refractivity contribution in [2.24, 2.45) is 0 Å². The summed E-state index contributed by atoms with van der Waals surface area (Å²) in [4.78, 5) is 16.5. The number of carbonyl (C=O) groups excluding carboxylic acids is 1. The van der Waals surface area contributed by atoms with Crippen molar-refractivity contribution in [3.8, 4) is 11.1 Å². The van der Waals surface area contributed by atoms with Gasteiger partial charge in [-0.1, -0.05) is 6.07 Å². The maximum Gasteiger partial charge on any atom is 0.418 e. The molecule has 0 aliphatic carbocycles. The highest BCUT2D eigenvalue weighted by molar-refractivity contribution is 5.96. The molecular formula is C22H16F6N2O2. The van der Waals surface area contributed by atoms with Crippen LogP contribution in [0.3, 0.4) is 0 Å². The number of aliphatic hydroxyl groups excluding tert-OH is 1. The Morgan fingerprint density at radius 2 is 1.69 bits per heavy atom. The number of nitrogens with one attached hydrogen (secondary N) is 1. The molecule has 3 aromatic rings. The molecule has 1 aromatic heterocycles. The third-order valence-electron chi connectivity index (χ3n) is 4.64. The molecule has 1 amide bonds. The molecular weight excluding hydrogens is 438 g/mol. The van der Waals surface area contributed by atoms with Crippen molar-refractivity contribution in [3.05, 3.63) is 89.0 Å². The van der Waals surface area contributed by atoms with E-state index in [1.165, 1.54) is 13.0 Å². The van der Waals surface area contributed by atoms with Crippen LogP contribution in [0.5, 0.6) is 0 Å². The third-order valence-corrected chi connectivity index (χ3v) is 4.64. The number of hydrogen-bond acceptors (Lipinski definition) is 3. The molecule has 0 aliphatic heterocycles. The fourth-order valence-electron chi connectivity index (χ4n) is 3.04. The fourth-order valence-corrected chi connectivity index (χ4v) is 3.04. The Morgan fingerprint density at radius 3 is 2.25 bits per heavy atom. The van der Waals surface area contributed by atoms with E-state index in [1.807, 2.05) is 0 Å². The van der Waals surface area contributed by atoms with Gasteiger partial charge in [-0.3, -0.25) is 9.78 Å². The minimum atomic E-state index is -5.08. The highest BCUT2D eigenvalue weighted by atomic mass is 19.4. The zero-order valence-corrected chi connectivity index (χ0v) is 16.4. The lowest BCUT2D eigenvalue weighted by Crippen LogP contribution is -2.28. The van der Waals surface area contributed by atoms with Crippen LogP contribution in [-0.4, -0.2) is 22.2 Å². The van der Waals surface area contributed by atoms with Crippen molar-refractivity contribution in [3.63, 3.8) is 0 Å². The van der Waals surface area contributed by atoms with Gasteiger partial charge in [-0.15, -0.1) is 0 Å². The first-order valence-corrected chi connectivity index (χ1v) is 9.24. The van der Waals surface area contributed by atoms with E-state index in [4.69, 9.17) is 0 Å². The maximum atomic E-state index is 14.2. The third kappa shape index (κ3) is 5.08. The van der Waals surface area contributed by atoms with Gasteiger partial charge in [0.1, 0.15) is 17.5 Å². The molecule has 0 saturated heterocycles. The van der Waals surface area contributed by atoms with Crippen molar-refractivity contribution < 1.29 is 36.2 Å². The summed E-state index contributed by atoms with van der Waals surface area (Å²) in [6.07, 6.45) is -7.14. The molecule has 0 radical (unpaired) electrons. The number of hydrogen-bond donors (Lipinski definition) is 2. The topological polar surface area (TPSA) is 62.2 Å². The molecule has 3 rings (SSSR count). The molecule has 2 atom stereocenters. The molecule has 0 bridgehead atoms. The molecule has 1 unspecified atom stereocenters. The molecule has 10 heteroatoms. The molecule has 0 fully saturated rings. The Hall–Kier alpha value is -3.40. The number of pyridine rings is 1. The molecule has 0 spiro atoms. The molecule has 2 aromatic carbocycles. The number of aliphatic hydroxyl groups is 1. The van der Waals surface area contributed by atoms with Crippen molar-refractivity contribution in [1.29, 1.82) is 0 Å². The Bertz CT molecular complexity index is 1110. The summed E-state index contributed by atoms with van der Waals surface area (Å²) in [5.41, 5.74) is -1.88. The average molecular weight is 454 g/mol. The predicted molar refractivity (Wildman–Crippen MR) is 103 cm³/mol. The Kier molecular flexibility index (Phi) is 6.54. The first-order chi connectivity index (χ1) is 15.0. The van der Waals surface area contributed by atoms with Gasteiger partial charge in [-0.05, 0) is 60.5 Å². The van der Waals surface area contributed by atoms with Gasteiger partial charge in [0.15, 0.2) is 6.10 Å². The van der Waals surface area contributed by atoms with Gasteiger partial charge in [0.2, 0.25) is 0 Å². The van der Waals surface area contributed by atoms with Crippen LogP contribution in [0.4, 0.5) is 26.3 Å². The zero-order valence-electron chi connectivity index (χ0n) is 16.4. The first-order valence-electron chi connectivity index (χ1n) is 9.24. The van der Waals surface area contributed by atoms with Crippen LogP contribution in [0.2, 0.25) is 0 Å². The lowest BCUT2D eigenvalue weighted by molar-refractivity contribution is -0.206. The molecule has 0 saturated carbocycles. The number of alkyl halides is 3. The van der Waals surface area contributed by atoms with E-state index in [2.05, 4.69) is 10.3 Å². The van der Waals surface area contributed by atoms with Crippen molar-refractivity contribution >= 4 is 5.91 Å². The van der Waals surface area contributed by atoms with E-state index in [0.29, 0.717) is 0 Å². The van der Waals surface area contributed by atoms with E-state index in [1.54, 1.807) is 0 Å². The Morgan fingerprint density at radius 1 is 1.03 bits per heavy atom. The first kappa shape index (κ1) is 23.3. The van der Waals surface area contributed by atoms with Gasteiger partial charge >= 0.3 is 6.18 Å². The summed E-state index contributed by atoms with van der Waals surface area (Å²) in [5, 5.41) is 12.1. The van der Waals surface area contributed by atoms with Crippen LogP contribution in [0.1, 0.15) is 40.7 Å². The van der Waals surface area contributed by atoms with Crippen LogP contribution < -0.4 is 5.32 Å². The van der Waals surface area contributed by atoms with E-state index in [-0.39, 0.29) is 16.8 Å². The lowest BCUT2D eigenvalue weighted by Gasteiger charge is -2.19. The number of rotatable bonds is 5. The second-order valence-corrected chi connectivity index (χ2v) is 6.98. The van der Waals surface area contributed by atoms with E-state index < -0.39 is 52.8 Å². The Balaban J connectivity index is 2.04.